The second-order valence-electron chi connectivity index (χ2n) is 10.5. The normalized spacial score (nSPS) is 27.0. The van der Waals surface area contributed by atoms with Crippen molar-refractivity contribution in [3.05, 3.63) is 34.1 Å². The molecule has 3 fully saturated rings. The van der Waals surface area contributed by atoms with E-state index in [1.165, 1.54) is 0 Å². The van der Waals surface area contributed by atoms with Crippen LogP contribution in [-0.4, -0.2) is 59.4 Å². The maximum Gasteiger partial charge on any atom is 0.228 e. The fourth-order valence-electron chi connectivity index (χ4n) is 6.14. The monoisotopic (exact) mass is 464 g/mol. The Labute approximate surface area is 202 Å². The zero-order valence-electron chi connectivity index (χ0n) is 20.9. The van der Waals surface area contributed by atoms with Crippen LogP contribution in [0.3, 0.4) is 0 Å². The van der Waals surface area contributed by atoms with Crippen LogP contribution in [0.25, 0.3) is 0 Å². The predicted octanol–water partition coefficient (Wildman–Crippen LogP) is 4.34. The quantitative estimate of drug-likeness (QED) is 0.580. The highest BCUT2D eigenvalue weighted by Gasteiger charge is 2.40. The molecule has 7 nitrogen and oxygen atoms in total. The first-order chi connectivity index (χ1) is 16.3. The number of carbonyl (C=O) groups is 2. The van der Waals surface area contributed by atoms with Crippen molar-refractivity contribution in [2.75, 3.05) is 29.6 Å². The Morgan fingerprint density at radius 3 is 2.50 bits per heavy atom. The lowest BCUT2D eigenvalue weighted by molar-refractivity contribution is -0.115. The third-order valence-electron chi connectivity index (χ3n) is 7.99. The fraction of sp³-hybridized carbons (Fsp3) is 0.630. The summed E-state index contributed by atoms with van der Waals surface area (Å²) >= 11 is 0. The minimum Gasteiger partial charge on any atom is -0.377 e. The summed E-state index contributed by atoms with van der Waals surface area (Å²) in [5, 5.41) is 0. The van der Waals surface area contributed by atoms with E-state index in [4.69, 9.17) is 14.7 Å². The van der Waals surface area contributed by atoms with Gasteiger partial charge in [0, 0.05) is 31.0 Å². The molecule has 4 heterocycles. The molecule has 0 saturated carbocycles. The first-order valence-electron chi connectivity index (χ1n) is 12.8. The highest BCUT2D eigenvalue weighted by molar-refractivity contribution is 6.01. The van der Waals surface area contributed by atoms with Crippen molar-refractivity contribution in [2.45, 2.75) is 90.8 Å². The van der Waals surface area contributed by atoms with Gasteiger partial charge in [-0.2, -0.15) is 4.98 Å². The molecule has 2 bridgehead atoms. The van der Waals surface area contributed by atoms with Gasteiger partial charge < -0.3 is 14.5 Å². The predicted molar refractivity (Wildman–Crippen MR) is 133 cm³/mol. The van der Waals surface area contributed by atoms with E-state index in [1.54, 1.807) is 0 Å². The van der Waals surface area contributed by atoms with Gasteiger partial charge in [-0.05, 0) is 70.9 Å². The Morgan fingerprint density at radius 1 is 1.12 bits per heavy atom. The number of Topliss-reactive ketones (excluding diaryl/α,β-unsaturated/α-hetero) is 2. The van der Waals surface area contributed by atoms with Crippen LogP contribution < -0.4 is 9.80 Å². The molecule has 1 aromatic heterocycles. The molecule has 0 radical (unpaired) electrons. The summed E-state index contributed by atoms with van der Waals surface area (Å²) in [5.41, 5.74) is 4.22. The van der Waals surface area contributed by atoms with Gasteiger partial charge in [0.05, 0.1) is 25.3 Å². The maximum atomic E-state index is 13.5. The average molecular weight is 465 g/mol. The van der Waals surface area contributed by atoms with Gasteiger partial charge in [0.1, 0.15) is 11.5 Å². The van der Waals surface area contributed by atoms with E-state index in [0.717, 1.165) is 60.3 Å². The zero-order chi connectivity index (χ0) is 24.0. The summed E-state index contributed by atoms with van der Waals surface area (Å²) in [4.78, 5) is 40.7. The minimum atomic E-state index is -0.00534. The second kappa shape index (κ2) is 9.25. The molecular formula is C27H36N4O3. The third kappa shape index (κ3) is 4.19. The van der Waals surface area contributed by atoms with Gasteiger partial charge in [-0.25, -0.2) is 4.98 Å². The number of ketones is 2. The number of anilines is 2. The SMILES string of the molecule is CC1=CC(C)=C(CCC(=O)c2nc(N3[C@@H]4CC[C@H]3COC4)nc(N3CCC[C@@H]3C)c2C)C(=O)C1. The van der Waals surface area contributed by atoms with Crippen LogP contribution in [0.2, 0.25) is 0 Å². The lowest BCUT2D eigenvalue weighted by atomic mass is 9.89. The molecule has 3 aliphatic heterocycles. The summed E-state index contributed by atoms with van der Waals surface area (Å²) in [6, 6.07) is 0.945. The summed E-state index contributed by atoms with van der Waals surface area (Å²) in [7, 11) is 0. The van der Waals surface area contributed by atoms with Gasteiger partial charge in [0.2, 0.25) is 5.95 Å². The Balaban J connectivity index is 1.48. The van der Waals surface area contributed by atoms with Crippen LogP contribution >= 0.6 is 0 Å². The van der Waals surface area contributed by atoms with Crippen LogP contribution in [0, 0.1) is 6.92 Å². The van der Waals surface area contributed by atoms with Crippen LogP contribution in [0.4, 0.5) is 11.8 Å². The fourth-order valence-corrected chi connectivity index (χ4v) is 6.14. The minimum absolute atomic E-state index is 0.00534. The van der Waals surface area contributed by atoms with Crippen molar-refractivity contribution in [1.82, 2.24) is 9.97 Å². The van der Waals surface area contributed by atoms with Crippen molar-refractivity contribution in [1.29, 1.82) is 0 Å². The van der Waals surface area contributed by atoms with Crippen molar-refractivity contribution in [3.8, 4) is 0 Å². The largest absolute Gasteiger partial charge is 0.377 e. The van der Waals surface area contributed by atoms with Crippen molar-refractivity contribution in [3.63, 3.8) is 0 Å². The number of hydrogen-bond donors (Lipinski definition) is 0. The number of carbonyl (C=O) groups excluding carboxylic acids is 2. The van der Waals surface area contributed by atoms with Crippen LogP contribution in [0.1, 0.15) is 81.8 Å². The molecule has 0 unspecified atom stereocenters. The number of ether oxygens (including phenoxy) is 1. The Bertz CT molecular complexity index is 1060. The average Bonchev–Trinajstić information content (AvgIpc) is 3.32. The zero-order valence-corrected chi connectivity index (χ0v) is 20.9. The van der Waals surface area contributed by atoms with Gasteiger partial charge in [-0.15, -0.1) is 0 Å². The summed E-state index contributed by atoms with van der Waals surface area (Å²) in [6.07, 6.45) is 7.68. The number of nitrogens with zero attached hydrogens (tertiary/aromatic N) is 4. The first-order valence-corrected chi connectivity index (χ1v) is 12.8. The van der Waals surface area contributed by atoms with E-state index >= 15 is 0 Å². The topological polar surface area (TPSA) is 75.6 Å². The first kappa shape index (κ1) is 23.2. The van der Waals surface area contributed by atoms with Gasteiger partial charge >= 0.3 is 0 Å². The number of hydrogen-bond acceptors (Lipinski definition) is 7. The lowest BCUT2D eigenvalue weighted by Crippen LogP contribution is -2.47. The highest BCUT2D eigenvalue weighted by Crippen LogP contribution is 2.36. The Kier molecular flexibility index (Phi) is 6.32. The van der Waals surface area contributed by atoms with Gasteiger partial charge in [-0.1, -0.05) is 11.6 Å². The molecule has 0 aromatic carbocycles. The third-order valence-corrected chi connectivity index (χ3v) is 7.99. The van der Waals surface area contributed by atoms with E-state index < -0.39 is 0 Å². The van der Waals surface area contributed by atoms with Crippen LogP contribution in [0.15, 0.2) is 22.8 Å². The highest BCUT2D eigenvalue weighted by atomic mass is 16.5. The molecule has 34 heavy (non-hydrogen) atoms. The molecule has 0 spiro atoms. The molecular weight excluding hydrogens is 428 g/mol. The van der Waals surface area contributed by atoms with E-state index in [-0.39, 0.29) is 30.1 Å². The smallest absolute Gasteiger partial charge is 0.228 e. The van der Waals surface area contributed by atoms with Gasteiger partial charge in [0.25, 0.3) is 0 Å². The molecule has 3 atom stereocenters. The second-order valence-corrected chi connectivity index (χ2v) is 10.5. The molecule has 7 heteroatoms. The van der Waals surface area contributed by atoms with E-state index in [1.807, 2.05) is 20.8 Å². The van der Waals surface area contributed by atoms with E-state index in [2.05, 4.69) is 22.8 Å². The van der Waals surface area contributed by atoms with Crippen molar-refractivity contribution < 1.29 is 14.3 Å². The number of allylic oxidation sites excluding steroid dienone is 4. The molecule has 1 aromatic rings. The van der Waals surface area contributed by atoms with Gasteiger partial charge in [-0.3, -0.25) is 9.59 Å². The van der Waals surface area contributed by atoms with Crippen molar-refractivity contribution in [2.24, 2.45) is 0 Å². The molecule has 0 N–H and O–H groups in total. The molecule has 0 amide bonds. The van der Waals surface area contributed by atoms with Crippen LogP contribution in [0.5, 0.6) is 0 Å². The Morgan fingerprint density at radius 2 is 1.85 bits per heavy atom. The Hall–Kier alpha value is -2.54. The van der Waals surface area contributed by atoms with Crippen LogP contribution in [-0.2, 0) is 9.53 Å². The number of aromatic nitrogens is 2. The number of fused-ring (bicyclic) bond motifs is 2. The summed E-state index contributed by atoms with van der Waals surface area (Å²) < 4.78 is 5.77. The molecule has 5 rings (SSSR count). The molecule has 182 valence electrons. The van der Waals surface area contributed by atoms with Crippen molar-refractivity contribution >= 4 is 23.3 Å². The number of morpholine rings is 1. The van der Waals surface area contributed by atoms with Gasteiger partial charge in [0.15, 0.2) is 11.6 Å². The summed E-state index contributed by atoms with van der Waals surface area (Å²) in [5.74, 6) is 1.70. The standard InChI is InChI=1S/C27H36N4O3/c1-16-12-17(2)22(24(33)13-16)9-10-23(32)25-19(4)26(30-11-5-6-18(30)3)29-27(28-25)31-20-7-8-21(31)15-34-14-20/h12,18,20-21H,5-11,13-15H2,1-4H3/t18-,20-,21+/m0/s1. The molecule has 1 aliphatic carbocycles. The summed E-state index contributed by atoms with van der Waals surface area (Å²) in [6.45, 7) is 10.5. The van der Waals surface area contributed by atoms with E-state index in [9.17, 15) is 9.59 Å². The van der Waals surface area contributed by atoms with E-state index in [0.29, 0.717) is 43.7 Å². The lowest BCUT2D eigenvalue weighted by Gasteiger charge is -2.36. The molecule has 4 aliphatic rings. The maximum absolute atomic E-state index is 13.5. The number of rotatable bonds is 6. The molecule has 3 saturated heterocycles.